The van der Waals surface area contributed by atoms with Gasteiger partial charge in [-0.25, -0.2) is 0 Å². The predicted octanol–water partition coefficient (Wildman–Crippen LogP) is 2.11. The number of nitrogens with zero attached hydrogens (tertiary/aromatic N) is 3. The van der Waals surface area contributed by atoms with Crippen LogP contribution in [0.4, 0.5) is 0 Å². The van der Waals surface area contributed by atoms with Gasteiger partial charge in [-0.1, -0.05) is 6.42 Å². The maximum absolute atomic E-state index is 13.0. The molecule has 2 heterocycles. The Balaban J connectivity index is 0.00000121. The van der Waals surface area contributed by atoms with Crippen molar-refractivity contribution >= 4 is 30.7 Å². The number of fused-ring (bicyclic) bond motifs is 2. The van der Waals surface area contributed by atoms with Gasteiger partial charge in [-0.15, -0.1) is 24.8 Å². The Morgan fingerprint density at radius 3 is 2.62 bits per heavy atom. The third-order valence-electron chi connectivity index (χ3n) is 6.16. The second-order valence-electron chi connectivity index (χ2n) is 7.70. The van der Waals surface area contributed by atoms with E-state index in [0.717, 1.165) is 12.8 Å². The van der Waals surface area contributed by atoms with E-state index in [1.54, 1.807) is 6.20 Å². The topological polar surface area (TPSA) is 73.4 Å². The summed E-state index contributed by atoms with van der Waals surface area (Å²) in [4.78, 5) is 15.1. The Morgan fingerprint density at radius 1 is 1.23 bits per heavy atom. The molecule has 1 aromatic heterocycles. The van der Waals surface area contributed by atoms with Gasteiger partial charge in [0.15, 0.2) is 0 Å². The molecule has 0 radical (unpaired) electrons. The van der Waals surface area contributed by atoms with Crippen LogP contribution < -0.4 is 5.73 Å². The van der Waals surface area contributed by atoms with E-state index in [0.29, 0.717) is 50.0 Å². The van der Waals surface area contributed by atoms with Crippen molar-refractivity contribution in [2.75, 3.05) is 19.7 Å². The molecular weight excluding hydrogens is 375 g/mol. The van der Waals surface area contributed by atoms with Crippen LogP contribution in [-0.4, -0.2) is 52.4 Å². The maximum atomic E-state index is 13.0. The summed E-state index contributed by atoms with van der Waals surface area (Å²) in [5.74, 6) is 1.59. The Bertz CT molecular complexity index is 558. The summed E-state index contributed by atoms with van der Waals surface area (Å²) < 4.78 is 7.71. The molecular formula is C18H30Cl2N4O2. The molecule has 0 aromatic carbocycles. The Labute approximate surface area is 167 Å². The average molecular weight is 405 g/mol. The number of carbonyl (C=O) groups excluding carboxylic acids is 1. The van der Waals surface area contributed by atoms with E-state index in [1.165, 1.54) is 19.3 Å². The number of nitrogens with two attached hydrogens (primary N) is 1. The number of hydrogen-bond acceptors (Lipinski definition) is 4. The van der Waals surface area contributed by atoms with Gasteiger partial charge < -0.3 is 15.4 Å². The highest BCUT2D eigenvalue weighted by atomic mass is 35.5. The van der Waals surface area contributed by atoms with E-state index in [4.69, 9.17) is 10.5 Å². The summed E-state index contributed by atoms with van der Waals surface area (Å²) in [6.45, 7) is 2.72. The summed E-state index contributed by atoms with van der Waals surface area (Å²) in [5, 5.41) is 4.24. The zero-order chi connectivity index (χ0) is 16.5. The summed E-state index contributed by atoms with van der Waals surface area (Å²) >= 11 is 0. The monoisotopic (exact) mass is 404 g/mol. The molecule has 1 aromatic rings. The molecule has 2 saturated carbocycles. The lowest BCUT2D eigenvalue weighted by Gasteiger charge is -2.45. The first-order valence-corrected chi connectivity index (χ1v) is 9.34. The molecule has 2 N–H and O–H groups in total. The Hall–Kier alpha value is -0.820. The van der Waals surface area contributed by atoms with Gasteiger partial charge >= 0.3 is 0 Å². The second kappa shape index (κ2) is 9.40. The van der Waals surface area contributed by atoms with Gasteiger partial charge in [-0.2, -0.15) is 5.10 Å². The van der Waals surface area contributed by atoms with E-state index in [2.05, 4.69) is 5.10 Å². The van der Waals surface area contributed by atoms with Gasteiger partial charge in [0.25, 0.3) is 0 Å². The molecule has 3 atom stereocenters. The van der Waals surface area contributed by atoms with Crippen molar-refractivity contribution in [2.24, 2.45) is 23.5 Å². The Kier molecular flexibility index (Phi) is 7.76. The summed E-state index contributed by atoms with van der Waals surface area (Å²) in [5.41, 5.74) is 6.37. The number of hydrogen-bond donors (Lipinski definition) is 1. The molecule has 2 bridgehead atoms. The fourth-order valence-corrected chi connectivity index (χ4v) is 4.90. The number of amides is 1. The molecule has 26 heavy (non-hydrogen) atoms. The van der Waals surface area contributed by atoms with Crippen molar-refractivity contribution in [1.82, 2.24) is 14.7 Å². The first kappa shape index (κ1) is 21.5. The Morgan fingerprint density at radius 2 is 1.96 bits per heavy atom. The van der Waals surface area contributed by atoms with Crippen LogP contribution in [-0.2, 0) is 16.1 Å². The second-order valence-corrected chi connectivity index (χ2v) is 7.70. The number of halogens is 2. The van der Waals surface area contributed by atoms with Crippen LogP contribution in [0.1, 0.15) is 32.1 Å². The van der Waals surface area contributed by atoms with Gasteiger partial charge in [0.1, 0.15) is 0 Å². The minimum absolute atomic E-state index is 0. The molecule has 1 amide bonds. The predicted molar refractivity (Wildman–Crippen MR) is 105 cm³/mol. The standard InChI is InChI=1S/C18H28N4O2.2ClH/c19-17-13-3-1-4-14(17)10-15(9-13)18(23)21-7-8-24-16(11-21)12-22-6-2-5-20-22;;/h2,5-6,13-17H,1,3-4,7-12,19H2;2*1H. The number of carbonyl (C=O) groups is 1. The molecule has 0 spiro atoms. The molecule has 3 unspecified atom stereocenters. The lowest BCUT2D eigenvalue weighted by atomic mass is 9.65. The minimum atomic E-state index is 0. The van der Waals surface area contributed by atoms with Gasteiger partial charge in [-0.05, 0) is 43.6 Å². The summed E-state index contributed by atoms with van der Waals surface area (Å²) in [6, 6.07) is 2.23. The van der Waals surface area contributed by atoms with E-state index >= 15 is 0 Å². The third-order valence-corrected chi connectivity index (χ3v) is 6.16. The van der Waals surface area contributed by atoms with Crippen LogP contribution in [0.2, 0.25) is 0 Å². The number of aromatic nitrogens is 2. The van der Waals surface area contributed by atoms with Crippen LogP contribution in [0.3, 0.4) is 0 Å². The SMILES string of the molecule is Cl.Cl.NC1C2CCCC1CC(C(=O)N1CCOC(Cn3cccn3)C1)C2. The van der Waals surface area contributed by atoms with E-state index in [9.17, 15) is 4.79 Å². The number of ether oxygens (including phenoxy) is 1. The lowest BCUT2D eigenvalue weighted by Crippen LogP contribution is -2.53. The maximum Gasteiger partial charge on any atom is 0.225 e. The first-order valence-electron chi connectivity index (χ1n) is 9.34. The van der Waals surface area contributed by atoms with Crippen LogP contribution >= 0.6 is 24.8 Å². The van der Waals surface area contributed by atoms with Crippen molar-refractivity contribution in [1.29, 1.82) is 0 Å². The van der Waals surface area contributed by atoms with Crippen LogP contribution in [0.15, 0.2) is 18.5 Å². The number of morpholine rings is 1. The molecule has 3 aliphatic rings. The highest BCUT2D eigenvalue weighted by Crippen LogP contribution is 2.42. The molecule has 148 valence electrons. The molecule has 6 nitrogen and oxygen atoms in total. The number of rotatable bonds is 3. The average Bonchev–Trinajstić information content (AvgIpc) is 3.07. The lowest BCUT2D eigenvalue weighted by molar-refractivity contribution is -0.146. The normalized spacial score (nSPS) is 33.7. The summed E-state index contributed by atoms with van der Waals surface area (Å²) in [6.07, 6.45) is 9.40. The van der Waals surface area contributed by atoms with Gasteiger partial charge in [0.05, 0.1) is 19.3 Å². The van der Waals surface area contributed by atoms with Gasteiger partial charge in [0.2, 0.25) is 5.91 Å². The van der Waals surface area contributed by atoms with Crippen LogP contribution in [0.25, 0.3) is 0 Å². The molecule has 1 aliphatic heterocycles. The molecule has 3 fully saturated rings. The largest absolute Gasteiger partial charge is 0.373 e. The fourth-order valence-electron chi connectivity index (χ4n) is 4.90. The van der Waals surface area contributed by atoms with Crippen molar-refractivity contribution in [3.8, 4) is 0 Å². The first-order chi connectivity index (χ1) is 11.7. The van der Waals surface area contributed by atoms with E-state index in [-0.39, 0.29) is 36.8 Å². The molecule has 1 saturated heterocycles. The van der Waals surface area contributed by atoms with E-state index < -0.39 is 0 Å². The van der Waals surface area contributed by atoms with Gasteiger partial charge in [-0.3, -0.25) is 9.48 Å². The zero-order valence-corrected chi connectivity index (χ0v) is 16.7. The van der Waals surface area contributed by atoms with E-state index in [1.807, 2.05) is 21.8 Å². The fraction of sp³-hybridized carbons (Fsp3) is 0.778. The van der Waals surface area contributed by atoms with Crippen molar-refractivity contribution < 1.29 is 9.53 Å². The molecule has 8 heteroatoms. The highest BCUT2D eigenvalue weighted by molar-refractivity contribution is 5.85. The summed E-state index contributed by atoms with van der Waals surface area (Å²) in [7, 11) is 0. The smallest absolute Gasteiger partial charge is 0.225 e. The van der Waals surface area contributed by atoms with Gasteiger partial charge in [0, 0.05) is 37.4 Å². The highest BCUT2D eigenvalue weighted by Gasteiger charge is 2.42. The van der Waals surface area contributed by atoms with Crippen molar-refractivity contribution in [2.45, 2.75) is 50.8 Å². The van der Waals surface area contributed by atoms with Crippen molar-refractivity contribution in [3.63, 3.8) is 0 Å². The minimum Gasteiger partial charge on any atom is -0.373 e. The molecule has 2 aliphatic carbocycles. The molecule has 4 rings (SSSR count). The third kappa shape index (κ3) is 4.53. The quantitative estimate of drug-likeness (QED) is 0.836. The van der Waals surface area contributed by atoms with Crippen LogP contribution in [0, 0.1) is 17.8 Å². The van der Waals surface area contributed by atoms with Crippen molar-refractivity contribution in [3.05, 3.63) is 18.5 Å². The van der Waals surface area contributed by atoms with Crippen LogP contribution in [0.5, 0.6) is 0 Å². The zero-order valence-electron chi connectivity index (χ0n) is 15.0.